The van der Waals surface area contributed by atoms with Crippen molar-refractivity contribution in [1.29, 1.82) is 0 Å². The summed E-state index contributed by atoms with van der Waals surface area (Å²) < 4.78 is 0.719. The summed E-state index contributed by atoms with van der Waals surface area (Å²) >= 11 is 6.87. The number of carbonyl (C=O) groups is 1. The van der Waals surface area contributed by atoms with Gasteiger partial charge in [0.15, 0.2) is 6.29 Å². The van der Waals surface area contributed by atoms with Crippen LogP contribution in [0.15, 0.2) is 23.1 Å². The number of nitro benzene ring substituents is 1. The van der Waals surface area contributed by atoms with E-state index >= 15 is 0 Å². The molecule has 0 N–H and O–H groups in total. The van der Waals surface area contributed by atoms with E-state index in [0.29, 0.717) is 28.8 Å². The van der Waals surface area contributed by atoms with Crippen LogP contribution in [0.2, 0.25) is 0 Å². The van der Waals surface area contributed by atoms with Crippen molar-refractivity contribution in [3.05, 3.63) is 33.9 Å². The molecular weight excluding hydrogens is 320 g/mol. The maximum absolute atomic E-state index is 11.2. The summed E-state index contributed by atoms with van der Waals surface area (Å²) in [6, 6.07) is 5.04. The van der Waals surface area contributed by atoms with Crippen molar-refractivity contribution in [1.82, 2.24) is 4.90 Å². The van der Waals surface area contributed by atoms with Gasteiger partial charge in [0.25, 0.3) is 5.69 Å². The van der Waals surface area contributed by atoms with Gasteiger partial charge in [-0.3, -0.25) is 14.9 Å². The van der Waals surface area contributed by atoms with Gasteiger partial charge in [0.05, 0.1) is 4.92 Å². The number of nitrogens with zero attached hydrogens (tertiary/aromatic N) is 2. The molecule has 0 bridgehead atoms. The Bertz CT molecular complexity index is 596. The van der Waals surface area contributed by atoms with Gasteiger partial charge >= 0.3 is 0 Å². The third kappa shape index (κ3) is 3.64. The van der Waals surface area contributed by atoms with Gasteiger partial charge in [0.2, 0.25) is 0 Å². The molecular formula is C15H18N2O3S2. The van der Waals surface area contributed by atoms with Crippen LogP contribution in [0.5, 0.6) is 0 Å². The van der Waals surface area contributed by atoms with Gasteiger partial charge in [0, 0.05) is 34.7 Å². The number of benzene rings is 1. The highest BCUT2D eigenvalue weighted by molar-refractivity contribution is 8.23. The highest BCUT2D eigenvalue weighted by Crippen LogP contribution is 2.32. The molecule has 1 heterocycles. The quantitative estimate of drug-likeness (QED) is 0.272. The Balaban J connectivity index is 2.20. The molecule has 0 aromatic heterocycles. The number of likely N-dealkylation sites (tertiary alicyclic amines) is 1. The van der Waals surface area contributed by atoms with Gasteiger partial charge in [-0.25, -0.2) is 0 Å². The van der Waals surface area contributed by atoms with Crippen molar-refractivity contribution in [2.45, 2.75) is 50.1 Å². The zero-order valence-electron chi connectivity index (χ0n) is 12.5. The average Bonchev–Trinajstić information content (AvgIpc) is 2.47. The minimum Gasteiger partial charge on any atom is -0.352 e. The Morgan fingerprint density at radius 2 is 2.05 bits per heavy atom. The van der Waals surface area contributed by atoms with Gasteiger partial charge in [-0.05, 0) is 39.2 Å². The minimum absolute atomic E-state index is 0.0860. The SMILES string of the molecule is C[C@@H]1CCC[C@H](C)N1C(=S)Sc1ccc([N+](=O)[O-])cc1C=O. The molecule has 7 heteroatoms. The number of carbonyl (C=O) groups excluding carboxylic acids is 1. The molecule has 0 spiro atoms. The first-order valence-corrected chi connectivity index (χ1v) is 8.40. The number of nitro groups is 1. The first-order valence-electron chi connectivity index (χ1n) is 7.17. The fraction of sp³-hybridized carbons (Fsp3) is 0.467. The van der Waals surface area contributed by atoms with Crippen LogP contribution < -0.4 is 0 Å². The monoisotopic (exact) mass is 338 g/mol. The van der Waals surface area contributed by atoms with E-state index in [-0.39, 0.29) is 5.69 Å². The van der Waals surface area contributed by atoms with Crippen LogP contribution in [0.3, 0.4) is 0 Å². The van der Waals surface area contributed by atoms with Crippen LogP contribution in [0.1, 0.15) is 43.5 Å². The van der Waals surface area contributed by atoms with Crippen LogP contribution >= 0.6 is 24.0 Å². The van der Waals surface area contributed by atoms with Crippen LogP contribution in [0, 0.1) is 10.1 Å². The zero-order chi connectivity index (χ0) is 16.3. The lowest BCUT2D eigenvalue weighted by Gasteiger charge is -2.40. The number of hydrogen-bond acceptors (Lipinski definition) is 5. The Morgan fingerprint density at radius 1 is 1.41 bits per heavy atom. The van der Waals surface area contributed by atoms with E-state index in [9.17, 15) is 14.9 Å². The van der Waals surface area contributed by atoms with Gasteiger partial charge in [-0.1, -0.05) is 24.0 Å². The second-order valence-corrected chi connectivity index (χ2v) is 7.18. The minimum atomic E-state index is -0.505. The van der Waals surface area contributed by atoms with E-state index in [0.717, 1.165) is 17.2 Å². The molecule has 0 radical (unpaired) electrons. The molecule has 2 atom stereocenters. The third-order valence-electron chi connectivity index (χ3n) is 3.93. The summed E-state index contributed by atoms with van der Waals surface area (Å²) in [4.78, 5) is 24.3. The molecule has 1 aliphatic heterocycles. The Morgan fingerprint density at radius 3 is 2.59 bits per heavy atom. The van der Waals surface area contributed by atoms with E-state index in [1.807, 2.05) is 0 Å². The van der Waals surface area contributed by atoms with Crippen molar-refractivity contribution in [3.8, 4) is 0 Å². The van der Waals surface area contributed by atoms with Crippen LogP contribution in [0.4, 0.5) is 5.69 Å². The Labute approximate surface area is 139 Å². The number of aldehydes is 1. The molecule has 2 rings (SSSR count). The molecule has 118 valence electrons. The fourth-order valence-corrected chi connectivity index (χ4v) is 4.41. The maximum atomic E-state index is 11.2. The molecule has 0 amide bonds. The lowest BCUT2D eigenvalue weighted by molar-refractivity contribution is -0.384. The summed E-state index contributed by atoms with van der Waals surface area (Å²) in [5, 5.41) is 10.8. The normalized spacial score (nSPS) is 21.5. The van der Waals surface area contributed by atoms with Crippen molar-refractivity contribution >= 4 is 40.3 Å². The lowest BCUT2D eigenvalue weighted by atomic mass is 9.99. The number of thioether (sulfide) groups is 1. The molecule has 1 aliphatic rings. The molecule has 1 saturated heterocycles. The summed E-state index contributed by atoms with van der Waals surface area (Å²) in [7, 11) is 0. The standard InChI is InChI=1S/C15H18N2O3S2/c1-10-4-3-5-11(2)16(10)15(21)22-14-7-6-13(17(19)20)8-12(14)9-18/h6-11H,3-5H2,1-2H3/t10-,11+. The largest absolute Gasteiger partial charge is 0.352 e. The molecule has 0 unspecified atom stereocenters. The molecule has 1 aromatic rings. The van der Waals surface area contributed by atoms with E-state index in [2.05, 4.69) is 18.7 Å². The number of non-ortho nitro benzene ring substituents is 1. The summed E-state index contributed by atoms with van der Waals surface area (Å²) in [5.74, 6) is 0. The van der Waals surface area contributed by atoms with E-state index in [1.54, 1.807) is 6.07 Å². The zero-order valence-corrected chi connectivity index (χ0v) is 14.2. The molecule has 22 heavy (non-hydrogen) atoms. The van der Waals surface area contributed by atoms with E-state index in [1.165, 1.54) is 30.3 Å². The number of piperidine rings is 1. The first-order chi connectivity index (χ1) is 10.4. The van der Waals surface area contributed by atoms with E-state index < -0.39 is 4.92 Å². The highest BCUT2D eigenvalue weighted by atomic mass is 32.2. The topological polar surface area (TPSA) is 63.4 Å². The number of rotatable bonds is 3. The van der Waals surface area contributed by atoms with Crippen molar-refractivity contribution in [2.24, 2.45) is 0 Å². The van der Waals surface area contributed by atoms with Crippen LogP contribution in [-0.2, 0) is 0 Å². The summed E-state index contributed by atoms with van der Waals surface area (Å²) in [6.45, 7) is 4.30. The van der Waals surface area contributed by atoms with E-state index in [4.69, 9.17) is 12.2 Å². The van der Waals surface area contributed by atoms with Gasteiger partial charge in [-0.2, -0.15) is 0 Å². The second kappa shape index (κ2) is 7.19. The first kappa shape index (κ1) is 16.9. The molecule has 5 nitrogen and oxygen atoms in total. The summed E-state index contributed by atoms with van der Waals surface area (Å²) in [6.07, 6.45) is 4.04. The van der Waals surface area contributed by atoms with Crippen molar-refractivity contribution in [3.63, 3.8) is 0 Å². The average molecular weight is 338 g/mol. The second-order valence-electron chi connectivity index (χ2n) is 5.50. The predicted octanol–water partition coefficient (Wildman–Crippen LogP) is 4.05. The highest BCUT2D eigenvalue weighted by Gasteiger charge is 2.27. The maximum Gasteiger partial charge on any atom is 0.270 e. The molecule has 1 aromatic carbocycles. The molecule has 0 saturated carbocycles. The molecule has 0 aliphatic carbocycles. The van der Waals surface area contributed by atoms with Crippen molar-refractivity contribution in [2.75, 3.05) is 0 Å². The number of thiocarbonyl (C=S) groups is 1. The van der Waals surface area contributed by atoms with Crippen LogP contribution in [0.25, 0.3) is 0 Å². The van der Waals surface area contributed by atoms with Gasteiger partial charge in [0.1, 0.15) is 4.32 Å². The Hall–Kier alpha value is -1.47. The van der Waals surface area contributed by atoms with Crippen molar-refractivity contribution < 1.29 is 9.72 Å². The number of hydrogen-bond donors (Lipinski definition) is 0. The fourth-order valence-electron chi connectivity index (χ4n) is 2.76. The van der Waals surface area contributed by atoms with Crippen LogP contribution in [-0.4, -0.2) is 32.5 Å². The predicted molar refractivity (Wildman–Crippen MR) is 91.6 cm³/mol. The van der Waals surface area contributed by atoms with Gasteiger partial charge in [-0.15, -0.1) is 0 Å². The Kier molecular flexibility index (Phi) is 5.52. The third-order valence-corrected chi connectivity index (χ3v) is 5.37. The lowest BCUT2D eigenvalue weighted by Crippen LogP contribution is -2.45. The smallest absolute Gasteiger partial charge is 0.270 e. The molecule has 1 fully saturated rings. The van der Waals surface area contributed by atoms with Gasteiger partial charge < -0.3 is 4.90 Å². The summed E-state index contributed by atoms with van der Waals surface area (Å²) in [5.41, 5.74) is 0.218.